The van der Waals surface area contributed by atoms with Crippen LogP contribution in [0.25, 0.3) is 11.1 Å². The summed E-state index contributed by atoms with van der Waals surface area (Å²) in [5.74, 6) is 7.34. The van der Waals surface area contributed by atoms with Crippen LogP contribution in [0.3, 0.4) is 0 Å². The zero-order chi connectivity index (χ0) is 23.2. The van der Waals surface area contributed by atoms with E-state index in [1.165, 1.54) is 0 Å². The van der Waals surface area contributed by atoms with Gasteiger partial charge in [-0.3, -0.25) is 0 Å². The third-order valence-electron chi connectivity index (χ3n) is 5.59. The van der Waals surface area contributed by atoms with E-state index in [0.29, 0.717) is 25.5 Å². The number of aliphatic hydroxyl groups is 3. The van der Waals surface area contributed by atoms with Gasteiger partial charge in [-0.05, 0) is 42.3 Å². The Morgan fingerprint density at radius 1 is 1.15 bits per heavy atom. The van der Waals surface area contributed by atoms with Crippen LogP contribution in [-0.2, 0) is 4.74 Å². The molecule has 4 rings (SSSR count). The van der Waals surface area contributed by atoms with Crippen LogP contribution in [0.1, 0.15) is 36.9 Å². The van der Waals surface area contributed by atoms with Gasteiger partial charge in [0.2, 0.25) is 0 Å². The minimum atomic E-state index is -0.742. The van der Waals surface area contributed by atoms with Crippen molar-refractivity contribution < 1.29 is 24.8 Å². The largest absolute Gasteiger partial charge is 0.488 e. The van der Waals surface area contributed by atoms with Crippen molar-refractivity contribution in [3.8, 4) is 28.7 Å². The van der Waals surface area contributed by atoms with Crippen LogP contribution in [0.5, 0.6) is 5.75 Å². The van der Waals surface area contributed by atoms with Gasteiger partial charge in [0.05, 0.1) is 19.8 Å². The monoisotopic (exact) mass is 448 g/mol. The molecule has 3 aromatic rings. The molecule has 2 heterocycles. The lowest BCUT2D eigenvalue weighted by Gasteiger charge is -2.28. The highest BCUT2D eigenvalue weighted by molar-refractivity contribution is 5.65. The molecule has 0 amide bonds. The van der Waals surface area contributed by atoms with Crippen LogP contribution in [0.4, 0.5) is 0 Å². The standard InChI is InChI=1S/C26H28N2O5/c1-18(30)26-27-13-14-28(26)22(16-29)9-4-19-2-5-20(6-3-19)21-7-10-23(11-8-21)33-25-12-15-32-17-24(25)31/h2-3,5-8,10-11,13-14,18,22,24-25,29-31H,12,15-17H2,1H3. The average Bonchev–Trinajstić information content (AvgIpc) is 3.32. The van der Waals surface area contributed by atoms with Gasteiger partial charge in [0, 0.05) is 24.4 Å². The second-order valence-electron chi connectivity index (χ2n) is 8.03. The van der Waals surface area contributed by atoms with Gasteiger partial charge in [-0.15, -0.1) is 0 Å². The predicted molar refractivity (Wildman–Crippen MR) is 124 cm³/mol. The highest BCUT2D eigenvalue weighted by Gasteiger charge is 2.25. The van der Waals surface area contributed by atoms with E-state index in [0.717, 1.165) is 22.4 Å². The van der Waals surface area contributed by atoms with Crippen molar-refractivity contribution in [1.29, 1.82) is 0 Å². The van der Waals surface area contributed by atoms with Crippen LogP contribution in [0, 0.1) is 11.8 Å². The normalized spacial score (nSPS) is 19.9. The molecular weight excluding hydrogens is 420 g/mol. The number of benzene rings is 2. The molecule has 4 atom stereocenters. The Labute approximate surface area is 193 Å². The molecule has 7 nitrogen and oxygen atoms in total. The number of imidazole rings is 1. The maximum Gasteiger partial charge on any atom is 0.138 e. The summed E-state index contributed by atoms with van der Waals surface area (Å²) >= 11 is 0. The summed E-state index contributed by atoms with van der Waals surface area (Å²) < 4.78 is 12.8. The molecule has 4 unspecified atom stereocenters. The topological polar surface area (TPSA) is 97.0 Å². The quantitative estimate of drug-likeness (QED) is 0.502. The van der Waals surface area contributed by atoms with Gasteiger partial charge in [-0.1, -0.05) is 36.1 Å². The van der Waals surface area contributed by atoms with E-state index in [4.69, 9.17) is 9.47 Å². The summed E-state index contributed by atoms with van der Waals surface area (Å²) in [4.78, 5) is 4.13. The number of hydrogen-bond donors (Lipinski definition) is 3. The zero-order valence-electron chi connectivity index (χ0n) is 18.5. The first-order chi connectivity index (χ1) is 16.0. The first-order valence-corrected chi connectivity index (χ1v) is 11.0. The van der Waals surface area contributed by atoms with Gasteiger partial charge in [-0.25, -0.2) is 4.98 Å². The lowest BCUT2D eigenvalue weighted by Crippen LogP contribution is -2.40. The molecule has 0 bridgehead atoms. The van der Waals surface area contributed by atoms with Gasteiger partial charge in [0.25, 0.3) is 0 Å². The molecule has 1 aliphatic heterocycles. The minimum absolute atomic E-state index is 0.180. The lowest BCUT2D eigenvalue weighted by atomic mass is 10.0. The molecule has 1 saturated heterocycles. The number of ether oxygens (including phenoxy) is 2. The molecule has 33 heavy (non-hydrogen) atoms. The van der Waals surface area contributed by atoms with Gasteiger partial charge < -0.3 is 29.4 Å². The second-order valence-corrected chi connectivity index (χ2v) is 8.03. The summed E-state index contributed by atoms with van der Waals surface area (Å²) in [6.07, 6.45) is 2.37. The van der Waals surface area contributed by atoms with Gasteiger partial charge in [0.1, 0.15) is 35.9 Å². The molecule has 1 aromatic heterocycles. The molecule has 0 aliphatic carbocycles. The van der Waals surface area contributed by atoms with Crippen molar-refractivity contribution in [3.05, 3.63) is 72.3 Å². The number of hydrogen-bond acceptors (Lipinski definition) is 6. The Balaban J connectivity index is 1.43. The smallest absolute Gasteiger partial charge is 0.138 e. The third kappa shape index (κ3) is 5.62. The summed E-state index contributed by atoms with van der Waals surface area (Å²) in [6, 6.07) is 15.2. The maximum atomic E-state index is 9.98. The first-order valence-electron chi connectivity index (χ1n) is 11.0. The molecule has 3 N–H and O–H groups in total. The van der Waals surface area contributed by atoms with Crippen molar-refractivity contribution in [2.75, 3.05) is 19.8 Å². The summed E-state index contributed by atoms with van der Waals surface area (Å²) in [5, 5.41) is 29.6. The Bertz CT molecular complexity index is 1100. The molecule has 0 saturated carbocycles. The van der Waals surface area contributed by atoms with Gasteiger partial charge >= 0.3 is 0 Å². The van der Waals surface area contributed by atoms with Gasteiger partial charge in [0.15, 0.2) is 0 Å². The van der Waals surface area contributed by atoms with Crippen LogP contribution in [0.2, 0.25) is 0 Å². The van der Waals surface area contributed by atoms with Gasteiger partial charge in [-0.2, -0.15) is 0 Å². The molecule has 172 valence electrons. The number of aromatic nitrogens is 2. The highest BCUT2D eigenvalue weighted by Crippen LogP contribution is 2.25. The van der Waals surface area contributed by atoms with E-state index in [1.807, 2.05) is 48.5 Å². The van der Waals surface area contributed by atoms with Crippen LogP contribution in [0.15, 0.2) is 60.9 Å². The maximum absolute atomic E-state index is 9.98. The van der Waals surface area contributed by atoms with Crippen molar-refractivity contribution in [1.82, 2.24) is 9.55 Å². The summed E-state index contributed by atoms with van der Waals surface area (Å²) in [5.41, 5.74) is 2.91. The average molecular weight is 449 g/mol. The Morgan fingerprint density at radius 2 is 1.85 bits per heavy atom. The number of nitrogens with zero attached hydrogens (tertiary/aromatic N) is 2. The fourth-order valence-corrected chi connectivity index (χ4v) is 3.77. The van der Waals surface area contributed by atoms with Crippen LogP contribution in [-0.4, -0.2) is 56.9 Å². The number of rotatable bonds is 6. The van der Waals surface area contributed by atoms with Crippen LogP contribution < -0.4 is 4.74 Å². The lowest BCUT2D eigenvalue weighted by molar-refractivity contribution is -0.0750. The number of aliphatic hydroxyl groups excluding tert-OH is 3. The zero-order valence-corrected chi connectivity index (χ0v) is 18.5. The van der Waals surface area contributed by atoms with E-state index < -0.39 is 18.2 Å². The fourth-order valence-electron chi connectivity index (χ4n) is 3.77. The Hall–Kier alpha value is -3.15. The fraction of sp³-hybridized carbons (Fsp3) is 0.346. The van der Waals surface area contributed by atoms with Crippen LogP contribution >= 0.6 is 0 Å². The van der Waals surface area contributed by atoms with E-state index in [-0.39, 0.29) is 12.7 Å². The molecule has 0 radical (unpaired) electrons. The molecule has 2 aromatic carbocycles. The Kier molecular flexibility index (Phi) is 7.43. The SMILES string of the molecule is CC(O)c1nccn1C(C#Cc1ccc(-c2ccc(OC3CCOCC3O)cc2)cc1)CO. The van der Waals surface area contributed by atoms with E-state index in [9.17, 15) is 15.3 Å². The van der Waals surface area contributed by atoms with Crippen molar-refractivity contribution >= 4 is 0 Å². The summed E-state index contributed by atoms with van der Waals surface area (Å²) in [6.45, 7) is 2.35. The van der Waals surface area contributed by atoms with E-state index in [2.05, 4.69) is 16.8 Å². The van der Waals surface area contributed by atoms with Crippen molar-refractivity contribution in [2.45, 2.75) is 37.7 Å². The minimum Gasteiger partial charge on any atom is -0.488 e. The molecular formula is C26H28N2O5. The second kappa shape index (κ2) is 10.6. The molecule has 1 aliphatic rings. The first kappa shape index (κ1) is 23.0. The molecule has 0 spiro atoms. The van der Waals surface area contributed by atoms with Crippen molar-refractivity contribution in [2.24, 2.45) is 0 Å². The predicted octanol–water partition coefficient (Wildman–Crippen LogP) is 2.72. The highest BCUT2D eigenvalue weighted by atomic mass is 16.5. The molecule has 7 heteroatoms. The van der Waals surface area contributed by atoms with E-state index in [1.54, 1.807) is 23.9 Å². The van der Waals surface area contributed by atoms with E-state index >= 15 is 0 Å². The Morgan fingerprint density at radius 3 is 2.48 bits per heavy atom. The summed E-state index contributed by atoms with van der Waals surface area (Å²) in [7, 11) is 0. The van der Waals surface area contributed by atoms with Crippen molar-refractivity contribution in [3.63, 3.8) is 0 Å². The third-order valence-corrected chi connectivity index (χ3v) is 5.59. The molecule has 1 fully saturated rings.